The molecule has 0 spiro atoms. The van der Waals surface area contributed by atoms with E-state index >= 15 is 0 Å². The SMILES string of the molecule is O=C(O)C(O)(CCO)C(CCO)CCO. The zero-order valence-corrected chi connectivity index (χ0v) is 8.46. The van der Waals surface area contributed by atoms with Gasteiger partial charge in [-0.2, -0.15) is 0 Å². The molecule has 0 heterocycles. The quantitative estimate of drug-likeness (QED) is 0.343. The van der Waals surface area contributed by atoms with Crippen LogP contribution in [0.1, 0.15) is 19.3 Å². The van der Waals surface area contributed by atoms with Crippen molar-refractivity contribution in [3.63, 3.8) is 0 Å². The minimum Gasteiger partial charge on any atom is -0.479 e. The van der Waals surface area contributed by atoms with E-state index in [0.717, 1.165) is 0 Å². The lowest BCUT2D eigenvalue weighted by Gasteiger charge is -2.31. The van der Waals surface area contributed by atoms with Crippen molar-refractivity contribution in [2.24, 2.45) is 5.92 Å². The fourth-order valence-corrected chi connectivity index (χ4v) is 1.59. The first-order chi connectivity index (χ1) is 7.02. The van der Waals surface area contributed by atoms with Crippen molar-refractivity contribution in [3.8, 4) is 0 Å². The van der Waals surface area contributed by atoms with Gasteiger partial charge in [0.05, 0.1) is 0 Å². The van der Waals surface area contributed by atoms with Crippen LogP contribution in [0.15, 0.2) is 0 Å². The summed E-state index contributed by atoms with van der Waals surface area (Å²) >= 11 is 0. The standard InChI is InChI=1S/C9H18O6/c10-4-1-7(2-5-11)9(15,3-6-12)8(13)14/h7,10-12,15H,1-6H2,(H,13,14). The summed E-state index contributed by atoms with van der Waals surface area (Å²) in [6.45, 7) is -1.01. The average Bonchev–Trinajstić information content (AvgIpc) is 2.17. The molecule has 0 rings (SSSR count). The third-order valence-electron chi connectivity index (χ3n) is 2.49. The Kier molecular flexibility index (Phi) is 6.42. The van der Waals surface area contributed by atoms with Crippen LogP contribution in [-0.4, -0.2) is 56.9 Å². The lowest BCUT2D eigenvalue weighted by molar-refractivity contribution is -0.168. The van der Waals surface area contributed by atoms with Crippen LogP contribution < -0.4 is 0 Å². The molecule has 0 saturated carbocycles. The highest BCUT2D eigenvalue weighted by molar-refractivity contribution is 5.77. The van der Waals surface area contributed by atoms with E-state index < -0.39 is 24.1 Å². The number of aliphatic hydroxyl groups excluding tert-OH is 3. The second kappa shape index (κ2) is 6.73. The van der Waals surface area contributed by atoms with E-state index in [1.807, 2.05) is 0 Å². The van der Waals surface area contributed by atoms with Gasteiger partial charge in [0.2, 0.25) is 0 Å². The van der Waals surface area contributed by atoms with Crippen LogP contribution in [0.3, 0.4) is 0 Å². The number of aliphatic carboxylic acids is 1. The molecule has 0 aliphatic rings. The second-order valence-electron chi connectivity index (χ2n) is 3.42. The van der Waals surface area contributed by atoms with E-state index in [4.69, 9.17) is 20.4 Å². The van der Waals surface area contributed by atoms with Gasteiger partial charge < -0.3 is 25.5 Å². The Morgan fingerprint density at radius 1 is 1.07 bits per heavy atom. The number of carboxylic acid groups (broad SMARTS) is 1. The molecule has 0 aromatic rings. The van der Waals surface area contributed by atoms with Crippen LogP contribution >= 0.6 is 0 Å². The number of carboxylic acids is 1. The molecule has 1 atom stereocenters. The molecular formula is C9H18O6. The molecule has 0 fully saturated rings. The summed E-state index contributed by atoms with van der Waals surface area (Å²) in [6.07, 6.45) is -0.167. The van der Waals surface area contributed by atoms with Crippen molar-refractivity contribution in [2.75, 3.05) is 19.8 Å². The molecule has 0 aromatic carbocycles. The molecule has 0 bridgehead atoms. The van der Waals surface area contributed by atoms with Gasteiger partial charge in [-0.25, -0.2) is 4.79 Å². The molecule has 6 nitrogen and oxygen atoms in total. The van der Waals surface area contributed by atoms with Gasteiger partial charge in [-0.1, -0.05) is 0 Å². The van der Waals surface area contributed by atoms with Gasteiger partial charge in [-0.3, -0.25) is 0 Å². The Bertz CT molecular complexity index is 189. The fraction of sp³-hybridized carbons (Fsp3) is 0.889. The Hall–Kier alpha value is -0.690. The Morgan fingerprint density at radius 3 is 1.80 bits per heavy atom. The maximum Gasteiger partial charge on any atom is 0.336 e. The molecule has 0 aliphatic carbocycles. The predicted molar refractivity (Wildman–Crippen MR) is 51.2 cm³/mol. The highest BCUT2D eigenvalue weighted by Gasteiger charge is 2.42. The first-order valence-corrected chi connectivity index (χ1v) is 4.81. The second-order valence-corrected chi connectivity index (χ2v) is 3.42. The van der Waals surface area contributed by atoms with Crippen molar-refractivity contribution < 1.29 is 30.3 Å². The van der Waals surface area contributed by atoms with E-state index in [9.17, 15) is 9.90 Å². The zero-order valence-electron chi connectivity index (χ0n) is 8.46. The van der Waals surface area contributed by atoms with Gasteiger partial charge in [-0.05, 0) is 12.8 Å². The van der Waals surface area contributed by atoms with Gasteiger partial charge in [0.25, 0.3) is 0 Å². The topological polar surface area (TPSA) is 118 Å². The zero-order chi connectivity index (χ0) is 11.9. The van der Waals surface area contributed by atoms with Crippen molar-refractivity contribution >= 4 is 5.97 Å². The third-order valence-corrected chi connectivity index (χ3v) is 2.49. The van der Waals surface area contributed by atoms with Crippen LogP contribution in [0.5, 0.6) is 0 Å². The van der Waals surface area contributed by atoms with Gasteiger partial charge in [0.15, 0.2) is 5.60 Å². The van der Waals surface area contributed by atoms with E-state index in [-0.39, 0.29) is 32.5 Å². The lowest BCUT2D eigenvalue weighted by Crippen LogP contribution is -2.47. The van der Waals surface area contributed by atoms with E-state index in [2.05, 4.69) is 0 Å². The Balaban J connectivity index is 4.72. The van der Waals surface area contributed by atoms with E-state index in [1.165, 1.54) is 0 Å². The first kappa shape index (κ1) is 14.3. The number of carbonyl (C=O) groups is 1. The highest BCUT2D eigenvalue weighted by atomic mass is 16.4. The lowest BCUT2D eigenvalue weighted by atomic mass is 9.80. The van der Waals surface area contributed by atoms with Crippen LogP contribution in [0.2, 0.25) is 0 Å². The van der Waals surface area contributed by atoms with Crippen LogP contribution in [-0.2, 0) is 4.79 Å². The summed E-state index contributed by atoms with van der Waals surface area (Å²) in [5.74, 6) is -2.21. The van der Waals surface area contributed by atoms with Gasteiger partial charge in [0, 0.05) is 32.2 Å². The van der Waals surface area contributed by atoms with Crippen molar-refractivity contribution in [2.45, 2.75) is 24.9 Å². The smallest absolute Gasteiger partial charge is 0.336 e. The van der Waals surface area contributed by atoms with Gasteiger partial charge >= 0.3 is 5.97 Å². The van der Waals surface area contributed by atoms with E-state index in [1.54, 1.807) is 0 Å². The van der Waals surface area contributed by atoms with Crippen LogP contribution in [0.4, 0.5) is 0 Å². The molecular weight excluding hydrogens is 204 g/mol. The average molecular weight is 222 g/mol. The first-order valence-electron chi connectivity index (χ1n) is 4.81. The van der Waals surface area contributed by atoms with Crippen LogP contribution in [0, 0.1) is 5.92 Å². The molecule has 0 saturated heterocycles. The molecule has 90 valence electrons. The van der Waals surface area contributed by atoms with Gasteiger partial charge in [-0.15, -0.1) is 0 Å². The van der Waals surface area contributed by atoms with Crippen molar-refractivity contribution in [1.29, 1.82) is 0 Å². The summed E-state index contributed by atoms with van der Waals surface area (Å²) in [5.41, 5.74) is -2.08. The summed E-state index contributed by atoms with van der Waals surface area (Å²) in [5, 5.41) is 44.8. The maximum absolute atomic E-state index is 10.9. The summed E-state index contributed by atoms with van der Waals surface area (Å²) in [7, 11) is 0. The van der Waals surface area contributed by atoms with Crippen LogP contribution in [0.25, 0.3) is 0 Å². The summed E-state index contributed by atoms with van der Waals surface area (Å²) in [4.78, 5) is 10.9. The largest absolute Gasteiger partial charge is 0.479 e. The minimum absolute atomic E-state index is 0.0728. The molecule has 0 aromatic heterocycles. The number of aliphatic hydroxyl groups is 4. The minimum atomic E-state index is -2.08. The maximum atomic E-state index is 10.9. The number of hydrogen-bond acceptors (Lipinski definition) is 5. The monoisotopic (exact) mass is 222 g/mol. The summed E-state index contributed by atoms with van der Waals surface area (Å²) in [6, 6.07) is 0. The highest BCUT2D eigenvalue weighted by Crippen LogP contribution is 2.27. The number of hydrogen-bond donors (Lipinski definition) is 5. The van der Waals surface area contributed by atoms with E-state index in [0.29, 0.717) is 0 Å². The molecule has 15 heavy (non-hydrogen) atoms. The summed E-state index contributed by atoms with van der Waals surface area (Å²) < 4.78 is 0. The molecule has 0 amide bonds. The van der Waals surface area contributed by atoms with Crippen molar-refractivity contribution in [3.05, 3.63) is 0 Å². The molecule has 6 heteroatoms. The predicted octanol–water partition coefficient (Wildman–Crippen LogP) is -1.43. The van der Waals surface area contributed by atoms with Crippen molar-refractivity contribution in [1.82, 2.24) is 0 Å². The molecule has 0 radical (unpaired) electrons. The normalized spacial score (nSPS) is 15.3. The molecule has 0 aliphatic heterocycles. The number of rotatable bonds is 8. The van der Waals surface area contributed by atoms with Gasteiger partial charge in [0.1, 0.15) is 0 Å². The Morgan fingerprint density at radius 2 is 1.53 bits per heavy atom. The fourth-order valence-electron chi connectivity index (χ4n) is 1.59. The molecule has 1 unspecified atom stereocenters. The molecule has 5 N–H and O–H groups in total. The third kappa shape index (κ3) is 3.75. The Labute approximate surface area is 87.8 Å².